The highest BCUT2D eigenvalue weighted by Gasteiger charge is 2.11. The van der Waals surface area contributed by atoms with Gasteiger partial charge >= 0.3 is 0 Å². The van der Waals surface area contributed by atoms with Crippen molar-refractivity contribution < 1.29 is 13.5 Å². The first-order chi connectivity index (χ1) is 8.06. The molecule has 17 heavy (non-hydrogen) atoms. The minimum absolute atomic E-state index is 0.0383. The van der Waals surface area contributed by atoms with Gasteiger partial charge in [-0.05, 0) is 19.1 Å². The normalized spacial score (nSPS) is 10.3. The third kappa shape index (κ3) is 3.90. The molecule has 3 nitrogen and oxygen atoms in total. The minimum atomic E-state index is -0.718. The maximum Gasteiger partial charge on any atom is 0.150 e. The second-order valence-electron chi connectivity index (χ2n) is 3.30. The zero-order valence-corrected chi connectivity index (χ0v) is 10.2. The summed E-state index contributed by atoms with van der Waals surface area (Å²) in [5.41, 5.74) is 5.28. The van der Waals surface area contributed by atoms with Crippen molar-refractivity contribution in [3.63, 3.8) is 0 Å². The van der Waals surface area contributed by atoms with Crippen LogP contribution in [-0.4, -0.2) is 24.7 Å². The minimum Gasteiger partial charge on any atom is -0.389 e. The first kappa shape index (κ1) is 13.8. The number of benzene rings is 1. The molecule has 1 aromatic rings. The highest BCUT2D eigenvalue weighted by molar-refractivity contribution is 7.80. The van der Waals surface area contributed by atoms with Crippen LogP contribution >= 0.6 is 12.2 Å². The van der Waals surface area contributed by atoms with Crippen molar-refractivity contribution in [3.8, 4) is 0 Å². The van der Waals surface area contributed by atoms with E-state index in [-0.39, 0.29) is 16.2 Å². The SMILES string of the molecule is CCOCCNc1c(F)cc(C(N)=S)cc1F. The fraction of sp³-hybridized carbons (Fsp3) is 0.364. The van der Waals surface area contributed by atoms with Gasteiger partial charge < -0.3 is 15.8 Å². The van der Waals surface area contributed by atoms with Crippen LogP contribution in [0, 0.1) is 11.6 Å². The number of hydrogen-bond donors (Lipinski definition) is 2. The van der Waals surface area contributed by atoms with Gasteiger partial charge in [-0.2, -0.15) is 0 Å². The molecule has 0 saturated carbocycles. The van der Waals surface area contributed by atoms with E-state index in [0.29, 0.717) is 19.8 Å². The predicted molar refractivity (Wildman–Crippen MR) is 67.2 cm³/mol. The summed E-state index contributed by atoms with van der Waals surface area (Å²) in [6, 6.07) is 2.21. The first-order valence-corrected chi connectivity index (χ1v) is 5.57. The number of thiocarbonyl (C=S) groups is 1. The molecule has 1 aromatic carbocycles. The zero-order valence-electron chi connectivity index (χ0n) is 9.43. The molecule has 0 aliphatic carbocycles. The van der Waals surface area contributed by atoms with Crippen molar-refractivity contribution in [2.45, 2.75) is 6.92 Å². The van der Waals surface area contributed by atoms with Gasteiger partial charge in [0, 0.05) is 18.7 Å². The lowest BCUT2D eigenvalue weighted by molar-refractivity contribution is 0.158. The van der Waals surface area contributed by atoms with Gasteiger partial charge in [0.25, 0.3) is 0 Å². The average Bonchev–Trinajstić information content (AvgIpc) is 2.26. The van der Waals surface area contributed by atoms with Crippen LogP contribution in [0.2, 0.25) is 0 Å². The van der Waals surface area contributed by atoms with E-state index in [1.807, 2.05) is 6.92 Å². The molecule has 0 aromatic heterocycles. The molecule has 0 saturated heterocycles. The molecule has 0 spiro atoms. The molecule has 0 fully saturated rings. The Labute approximate surface area is 104 Å². The number of halogens is 2. The predicted octanol–water partition coefficient (Wildman–Crippen LogP) is 2.05. The number of rotatable bonds is 6. The summed E-state index contributed by atoms with van der Waals surface area (Å²) in [5, 5.41) is 2.62. The first-order valence-electron chi connectivity index (χ1n) is 5.16. The second-order valence-corrected chi connectivity index (χ2v) is 3.74. The fourth-order valence-electron chi connectivity index (χ4n) is 1.28. The van der Waals surface area contributed by atoms with Crippen LogP contribution in [0.5, 0.6) is 0 Å². The Morgan fingerprint density at radius 1 is 1.41 bits per heavy atom. The van der Waals surface area contributed by atoms with Gasteiger partial charge in [-0.15, -0.1) is 0 Å². The van der Waals surface area contributed by atoms with Crippen LogP contribution in [0.4, 0.5) is 14.5 Å². The van der Waals surface area contributed by atoms with Crippen LogP contribution < -0.4 is 11.1 Å². The molecule has 1 rings (SSSR count). The summed E-state index contributed by atoms with van der Waals surface area (Å²) in [6.45, 7) is 3.12. The van der Waals surface area contributed by atoms with E-state index in [4.69, 9.17) is 10.5 Å². The third-order valence-corrected chi connectivity index (χ3v) is 2.31. The Morgan fingerprint density at radius 2 is 2.00 bits per heavy atom. The molecule has 94 valence electrons. The Hall–Kier alpha value is -1.27. The molecular weight excluding hydrogens is 246 g/mol. The molecular formula is C11H14F2N2OS. The average molecular weight is 260 g/mol. The molecule has 0 bridgehead atoms. The van der Waals surface area contributed by atoms with Crippen molar-refractivity contribution in [2.75, 3.05) is 25.1 Å². The van der Waals surface area contributed by atoms with E-state index in [1.165, 1.54) is 0 Å². The van der Waals surface area contributed by atoms with Gasteiger partial charge in [-0.3, -0.25) is 0 Å². The van der Waals surface area contributed by atoms with E-state index in [2.05, 4.69) is 17.5 Å². The van der Waals surface area contributed by atoms with Crippen molar-refractivity contribution in [2.24, 2.45) is 5.73 Å². The summed E-state index contributed by atoms with van der Waals surface area (Å²) >= 11 is 4.65. The van der Waals surface area contributed by atoms with Gasteiger partial charge in [-0.25, -0.2) is 8.78 Å². The van der Waals surface area contributed by atoms with Gasteiger partial charge in [0.1, 0.15) is 22.3 Å². The maximum atomic E-state index is 13.5. The molecule has 0 unspecified atom stereocenters. The van der Waals surface area contributed by atoms with E-state index in [1.54, 1.807) is 0 Å². The summed E-state index contributed by atoms with van der Waals surface area (Å²) in [7, 11) is 0. The molecule has 6 heteroatoms. The molecule has 0 aliphatic rings. The Morgan fingerprint density at radius 3 is 2.47 bits per heavy atom. The Kier molecular flexibility index (Phi) is 5.24. The quantitative estimate of drug-likeness (QED) is 0.607. The number of anilines is 1. The number of nitrogens with two attached hydrogens (primary N) is 1. The van der Waals surface area contributed by atoms with Gasteiger partial charge in [0.2, 0.25) is 0 Å². The van der Waals surface area contributed by atoms with E-state index in [9.17, 15) is 8.78 Å². The molecule has 0 atom stereocenters. The second kappa shape index (κ2) is 6.46. The maximum absolute atomic E-state index is 13.5. The summed E-state index contributed by atoms with van der Waals surface area (Å²) in [4.78, 5) is -0.0383. The van der Waals surface area contributed by atoms with E-state index < -0.39 is 11.6 Å². The largest absolute Gasteiger partial charge is 0.389 e. The van der Waals surface area contributed by atoms with Crippen molar-refractivity contribution in [1.82, 2.24) is 0 Å². The Balaban J connectivity index is 2.76. The topological polar surface area (TPSA) is 47.3 Å². The highest BCUT2D eigenvalue weighted by atomic mass is 32.1. The number of ether oxygens (including phenoxy) is 1. The zero-order chi connectivity index (χ0) is 12.8. The summed E-state index contributed by atoms with van der Waals surface area (Å²) in [6.07, 6.45) is 0. The Bertz CT molecular complexity index is 389. The number of nitrogens with one attached hydrogen (secondary N) is 1. The highest BCUT2D eigenvalue weighted by Crippen LogP contribution is 2.20. The smallest absolute Gasteiger partial charge is 0.150 e. The molecule has 0 radical (unpaired) electrons. The third-order valence-electron chi connectivity index (χ3n) is 2.08. The molecule has 0 amide bonds. The lowest BCUT2D eigenvalue weighted by Gasteiger charge is -2.10. The van der Waals surface area contributed by atoms with Gasteiger partial charge in [-0.1, -0.05) is 12.2 Å². The van der Waals surface area contributed by atoms with Gasteiger partial charge in [0.15, 0.2) is 0 Å². The number of hydrogen-bond acceptors (Lipinski definition) is 3. The summed E-state index contributed by atoms with van der Waals surface area (Å²) in [5.74, 6) is -1.44. The van der Waals surface area contributed by atoms with Crippen LogP contribution in [0.1, 0.15) is 12.5 Å². The van der Waals surface area contributed by atoms with E-state index >= 15 is 0 Å². The van der Waals surface area contributed by atoms with Crippen molar-refractivity contribution >= 4 is 22.9 Å². The van der Waals surface area contributed by atoms with Crippen molar-refractivity contribution in [1.29, 1.82) is 0 Å². The molecule has 0 heterocycles. The van der Waals surface area contributed by atoms with E-state index in [0.717, 1.165) is 12.1 Å². The van der Waals surface area contributed by atoms with Crippen LogP contribution in [-0.2, 0) is 4.74 Å². The molecule has 3 N–H and O–H groups in total. The lowest BCUT2D eigenvalue weighted by Crippen LogP contribution is -2.14. The van der Waals surface area contributed by atoms with Gasteiger partial charge in [0.05, 0.1) is 6.61 Å². The monoisotopic (exact) mass is 260 g/mol. The van der Waals surface area contributed by atoms with Crippen LogP contribution in [0.3, 0.4) is 0 Å². The van der Waals surface area contributed by atoms with Crippen LogP contribution in [0.15, 0.2) is 12.1 Å². The standard InChI is InChI=1S/C11H14F2N2OS/c1-2-16-4-3-15-10-8(12)5-7(11(14)17)6-9(10)13/h5-6,15H,2-4H2,1H3,(H2,14,17). The summed E-state index contributed by atoms with van der Waals surface area (Å²) < 4.78 is 32.1. The van der Waals surface area contributed by atoms with Crippen molar-refractivity contribution in [3.05, 3.63) is 29.3 Å². The fourth-order valence-corrected chi connectivity index (χ4v) is 1.39. The lowest BCUT2D eigenvalue weighted by atomic mass is 10.2. The van der Waals surface area contributed by atoms with Crippen LogP contribution in [0.25, 0.3) is 0 Å². The molecule has 0 aliphatic heterocycles.